The Balaban J connectivity index is 1.46. The fraction of sp³-hybridized carbons (Fsp3) is 0.567. The first kappa shape index (κ1) is 27.6. The summed E-state index contributed by atoms with van der Waals surface area (Å²) in [5, 5.41) is 45.9. The maximum atomic E-state index is 13.6. The van der Waals surface area contributed by atoms with Gasteiger partial charge in [0.2, 0.25) is 5.78 Å². The Morgan fingerprint density at radius 2 is 1.66 bits per heavy atom. The van der Waals surface area contributed by atoms with Gasteiger partial charge in [-0.2, -0.15) is 0 Å². The number of ketones is 1. The zero-order valence-corrected chi connectivity index (χ0v) is 23.8. The fourth-order valence-electron chi connectivity index (χ4n) is 8.16. The highest BCUT2D eigenvalue weighted by atomic mass is 16.3. The number of hydrogen-bond acceptors (Lipinski definition) is 9. The van der Waals surface area contributed by atoms with Crippen LogP contribution in [0.25, 0.3) is 0 Å². The summed E-state index contributed by atoms with van der Waals surface area (Å²) in [4.78, 5) is 44.6. The lowest BCUT2D eigenvalue weighted by molar-refractivity contribution is -0.148. The Hall–Kier alpha value is -3.57. The summed E-state index contributed by atoms with van der Waals surface area (Å²) < 4.78 is 0. The van der Waals surface area contributed by atoms with E-state index >= 15 is 0 Å². The molecule has 0 aromatic heterocycles. The molecule has 11 nitrogen and oxygen atoms in total. The molecule has 2 bridgehead atoms. The molecule has 2 aliphatic heterocycles. The first-order valence-corrected chi connectivity index (χ1v) is 14.2. The summed E-state index contributed by atoms with van der Waals surface area (Å²) in [5.41, 5.74) is 4.89. The van der Waals surface area contributed by atoms with Crippen molar-refractivity contribution in [2.24, 2.45) is 29.4 Å². The second-order valence-corrected chi connectivity index (χ2v) is 13.0. The minimum Gasteiger partial charge on any atom is -0.510 e. The molecule has 1 aromatic carbocycles. The highest BCUT2D eigenvalue weighted by Gasteiger charge is 2.62. The number of phenolic OH excluding ortho intramolecular Hbond substituents is 1. The van der Waals surface area contributed by atoms with Crippen molar-refractivity contribution in [2.45, 2.75) is 43.7 Å². The van der Waals surface area contributed by atoms with Crippen LogP contribution in [0.15, 0.2) is 28.7 Å². The van der Waals surface area contributed by atoms with Crippen LogP contribution in [0.4, 0.5) is 5.69 Å². The third-order valence-electron chi connectivity index (χ3n) is 10.1. The largest absolute Gasteiger partial charge is 0.510 e. The number of nitrogens with zero attached hydrogens (tertiary/aromatic N) is 3. The maximum Gasteiger partial charge on any atom is 0.257 e. The molecular formula is C30H38N4O7. The average Bonchev–Trinajstić information content (AvgIpc) is 2.89. The first-order valence-electron chi connectivity index (χ1n) is 14.2. The number of aliphatic hydroxyl groups excluding tert-OH is 2. The normalized spacial score (nSPS) is 32.3. The van der Waals surface area contributed by atoms with E-state index in [2.05, 4.69) is 0 Å². The van der Waals surface area contributed by atoms with Gasteiger partial charge in [0, 0.05) is 50.8 Å². The van der Waals surface area contributed by atoms with E-state index in [0.29, 0.717) is 42.5 Å². The van der Waals surface area contributed by atoms with E-state index in [0.717, 1.165) is 24.1 Å². The molecule has 1 saturated carbocycles. The Morgan fingerprint density at radius 3 is 2.22 bits per heavy atom. The topological polar surface area (TPSA) is 168 Å². The van der Waals surface area contributed by atoms with Crippen molar-refractivity contribution in [3.63, 3.8) is 0 Å². The van der Waals surface area contributed by atoms with Crippen LogP contribution in [0.3, 0.4) is 0 Å². The van der Waals surface area contributed by atoms with Crippen LogP contribution in [0.1, 0.15) is 40.7 Å². The van der Waals surface area contributed by atoms with Crippen molar-refractivity contribution in [1.82, 2.24) is 9.80 Å². The number of hydrogen-bond donors (Lipinski definition) is 5. The zero-order chi connectivity index (χ0) is 29.7. The Labute approximate surface area is 238 Å². The number of Topliss-reactive ketones (excluding diaryl/α,β-unsaturated/α-hetero) is 1. The highest BCUT2D eigenvalue weighted by Crippen LogP contribution is 2.53. The molecule has 41 heavy (non-hydrogen) atoms. The SMILES string of the molecule is CN(C)c1cc(C(=O)N2CC3CC(C3)C2)c(O)c2c1C[C@H]1C[C@H]3[C@H](N(C)C)C(O)=C(C(N)=O)C(=O)[C@@]3(O)C(O)=C1C2. The monoisotopic (exact) mass is 566 g/mol. The number of nitrogens with two attached hydrogens (primary N) is 1. The Kier molecular flexibility index (Phi) is 6.20. The van der Waals surface area contributed by atoms with Crippen molar-refractivity contribution in [3.8, 4) is 5.75 Å². The van der Waals surface area contributed by atoms with Crippen LogP contribution in [0, 0.1) is 23.7 Å². The van der Waals surface area contributed by atoms with Crippen LogP contribution in [0.2, 0.25) is 0 Å². The summed E-state index contributed by atoms with van der Waals surface area (Å²) in [6.07, 6.45) is 2.90. The van der Waals surface area contributed by atoms with Gasteiger partial charge >= 0.3 is 0 Å². The third-order valence-corrected chi connectivity index (χ3v) is 10.1. The number of carbonyl (C=O) groups excluding carboxylic acids is 3. The molecule has 7 rings (SSSR count). The first-order chi connectivity index (χ1) is 19.2. The number of primary amides is 1. The number of piperidine rings is 2. The van der Waals surface area contributed by atoms with Gasteiger partial charge in [-0.05, 0) is 74.7 Å². The fourth-order valence-corrected chi connectivity index (χ4v) is 8.16. The molecule has 220 valence electrons. The number of aromatic hydroxyl groups is 1. The summed E-state index contributed by atoms with van der Waals surface area (Å²) >= 11 is 0. The van der Waals surface area contributed by atoms with Crippen molar-refractivity contribution in [2.75, 3.05) is 46.2 Å². The standard InChI is InChI=1S/C30H38N4O7/c1-32(2)21-10-19(29(40)34-11-13-5-14(6-13)12-34)24(35)18-9-16-15(7-17(18)21)8-20-23(33(3)4)25(36)22(28(31)39)27(38)30(20,41)26(16)37/h10,13-15,20,23,35-37,41H,5-9,11-12H2,1-4H3,(H2,31,39)/t13?,14?,15-,20-,23-,30-/m0/s1. The Morgan fingerprint density at radius 1 is 1.02 bits per heavy atom. The predicted octanol–water partition coefficient (Wildman–Crippen LogP) is 1.03. The molecule has 6 N–H and O–H groups in total. The molecule has 6 aliphatic rings. The van der Waals surface area contributed by atoms with E-state index in [1.54, 1.807) is 25.1 Å². The zero-order valence-electron chi connectivity index (χ0n) is 23.8. The van der Waals surface area contributed by atoms with Crippen LogP contribution in [-0.2, 0) is 22.4 Å². The molecule has 0 spiro atoms. The number of amides is 2. The number of rotatable bonds is 4. The van der Waals surface area contributed by atoms with E-state index in [-0.39, 0.29) is 36.0 Å². The lowest BCUT2D eigenvalue weighted by Crippen LogP contribution is -2.63. The molecule has 11 heteroatoms. The minimum atomic E-state index is -2.48. The van der Waals surface area contributed by atoms with Gasteiger partial charge in [0.25, 0.3) is 11.8 Å². The van der Waals surface area contributed by atoms with Gasteiger partial charge in [-0.25, -0.2) is 0 Å². The maximum absolute atomic E-state index is 13.6. The smallest absolute Gasteiger partial charge is 0.257 e. The number of benzene rings is 1. The predicted molar refractivity (Wildman–Crippen MR) is 149 cm³/mol. The van der Waals surface area contributed by atoms with Crippen molar-refractivity contribution in [3.05, 3.63) is 45.4 Å². The van der Waals surface area contributed by atoms with E-state index in [1.807, 2.05) is 23.9 Å². The average molecular weight is 567 g/mol. The van der Waals surface area contributed by atoms with Crippen molar-refractivity contribution in [1.29, 1.82) is 0 Å². The Bertz CT molecular complexity index is 1430. The summed E-state index contributed by atoms with van der Waals surface area (Å²) in [5.74, 6) is -4.06. The second-order valence-electron chi connectivity index (χ2n) is 13.0. The van der Waals surface area contributed by atoms with Crippen LogP contribution in [0.5, 0.6) is 5.75 Å². The number of carbonyl (C=O) groups is 3. The van der Waals surface area contributed by atoms with E-state index in [1.165, 1.54) is 0 Å². The molecule has 1 aromatic rings. The molecule has 0 radical (unpaired) electrons. The van der Waals surface area contributed by atoms with Gasteiger partial charge in [0.05, 0.1) is 11.6 Å². The number of anilines is 1. The second kappa shape index (κ2) is 9.22. The quantitative estimate of drug-likeness (QED) is 0.334. The molecule has 2 amide bonds. The number of fused-ring (bicyclic) bond motifs is 5. The highest BCUT2D eigenvalue weighted by molar-refractivity contribution is 6.24. The van der Waals surface area contributed by atoms with Gasteiger partial charge in [-0.1, -0.05) is 0 Å². The summed E-state index contributed by atoms with van der Waals surface area (Å²) in [6.45, 7) is 1.34. The number of allylic oxidation sites excluding steroid dienone is 1. The van der Waals surface area contributed by atoms with E-state index < -0.39 is 46.3 Å². The van der Waals surface area contributed by atoms with Gasteiger partial charge in [-0.15, -0.1) is 0 Å². The van der Waals surface area contributed by atoms with E-state index in [9.17, 15) is 34.8 Å². The van der Waals surface area contributed by atoms with Crippen LogP contribution in [-0.4, -0.2) is 101 Å². The van der Waals surface area contributed by atoms with E-state index in [4.69, 9.17) is 5.73 Å². The molecule has 4 aliphatic carbocycles. The lowest BCUT2D eigenvalue weighted by atomic mass is 9.58. The number of aliphatic hydroxyl groups is 3. The van der Waals surface area contributed by atoms with Gasteiger partial charge in [0.15, 0.2) is 5.60 Å². The van der Waals surface area contributed by atoms with Gasteiger partial charge < -0.3 is 36.0 Å². The molecule has 2 saturated heterocycles. The number of likely N-dealkylation sites (N-methyl/N-ethyl adjacent to an activating group) is 1. The molecule has 3 fully saturated rings. The summed E-state index contributed by atoms with van der Waals surface area (Å²) in [7, 11) is 7.04. The minimum absolute atomic E-state index is 0.0153. The summed E-state index contributed by atoms with van der Waals surface area (Å²) in [6, 6.07) is 0.799. The van der Waals surface area contributed by atoms with Gasteiger partial charge in [0.1, 0.15) is 22.8 Å². The lowest BCUT2D eigenvalue weighted by Gasteiger charge is -2.50. The number of phenols is 1. The molecule has 2 heterocycles. The molecule has 0 unspecified atom stereocenters. The third kappa shape index (κ3) is 3.81. The van der Waals surface area contributed by atoms with Gasteiger partial charge in [-0.3, -0.25) is 19.3 Å². The molecule has 4 atom stereocenters. The van der Waals surface area contributed by atoms with Crippen molar-refractivity contribution < 1.29 is 34.8 Å². The van der Waals surface area contributed by atoms with Crippen LogP contribution < -0.4 is 10.6 Å². The molecular weight excluding hydrogens is 528 g/mol. The van der Waals surface area contributed by atoms with Crippen molar-refractivity contribution >= 4 is 23.3 Å². The van der Waals surface area contributed by atoms with Crippen LogP contribution >= 0.6 is 0 Å².